The Morgan fingerprint density at radius 1 is 1.62 bits per heavy atom. The lowest BCUT2D eigenvalue weighted by atomic mass is 10.2. The molecule has 2 heterocycles. The summed E-state index contributed by atoms with van der Waals surface area (Å²) >= 11 is 1.66. The van der Waals surface area contributed by atoms with Crippen molar-refractivity contribution in [2.75, 3.05) is 30.8 Å². The van der Waals surface area contributed by atoms with E-state index >= 15 is 0 Å². The summed E-state index contributed by atoms with van der Waals surface area (Å²) in [7, 11) is 0. The average molecular weight is 313 g/mol. The molecule has 1 N–H and O–H groups in total. The zero-order chi connectivity index (χ0) is 15.2. The van der Waals surface area contributed by atoms with Gasteiger partial charge in [0.05, 0.1) is 6.61 Å². The van der Waals surface area contributed by atoms with Gasteiger partial charge in [-0.05, 0) is 18.9 Å². The van der Waals surface area contributed by atoms with Crippen LogP contribution in [0.4, 0.5) is 5.82 Å². The Bertz CT molecular complexity index is 506. The van der Waals surface area contributed by atoms with Crippen molar-refractivity contribution in [3.63, 3.8) is 0 Å². The number of nitrogens with zero attached hydrogens (tertiary/aromatic N) is 2. The summed E-state index contributed by atoms with van der Waals surface area (Å²) in [5, 5.41) is 3.15. The SMILES string of the molecule is CCOCC1O[C@H](n2ccc(NCC(C)C)nc2=O)CS1. The van der Waals surface area contributed by atoms with Crippen molar-refractivity contribution < 1.29 is 9.47 Å². The number of ether oxygens (including phenoxy) is 2. The minimum atomic E-state index is -0.286. The van der Waals surface area contributed by atoms with E-state index in [1.54, 1.807) is 22.5 Å². The summed E-state index contributed by atoms with van der Waals surface area (Å²) in [5.41, 5.74) is -0.299. The Balaban J connectivity index is 1.96. The van der Waals surface area contributed by atoms with E-state index in [2.05, 4.69) is 24.1 Å². The third-order valence-electron chi connectivity index (χ3n) is 3.02. The van der Waals surface area contributed by atoms with Crippen molar-refractivity contribution in [1.29, 1.82) is 0 Å². The molecule has 1 aliphatic heterocycles. The summed E-state index contributed by atoms with van der Waals surface area (Å²) in [6.07, 6.45) is 1.48. The normalized spacial score (nSPS) is 21.9. The highest BCUT2D eigenvalue weighted by Crippen LogP contribution is 2.30. The molecule has 0 saturated carbocycles. The molecule has 1 aromatic heterocycles. The van der Waals surface area contributed by atoms with Crippen LogP contribution in [0.15, 0.2) is 17.1 Å². The van der Waals surface area contributed by atoms with Gasteiger partial charge in [-0.25, -0.2) is 4.79 Å². The maximum Gasteiger partial charge on any atom is 0.351 e. The molecule has 0 aromatic carbocycles. The molecule has 2 rings (SSSR count). The molecule has 1 fully saturated rings. The van der Waals surface area contributed by atoms with Gasteiger partial charge < -0.3 is 14.8 Å². The number of anilines is 1. The van der Waals surface area contributed by atoms with Gasteiger partial charge in [0.15, 0.2) is 0 Å². The molecule has 6 nitrogen and oxygen atoms in total. The number of hydrogen-bond acceptors (Lipinski definition) is 6. The zero-order valence-electron chi connectivity index (χ0n) is 12.7. The van der Waals surface area contributed by atoms with E-state index < -0.39 is 0 Å². The molecule has 0 amide bonds. The lowest BCUT2D eigenvalue weighted by molar-refractivity contribution is -0.0226. The fourth-order valence-corrected chi connectivity index (χ4v) is 2.95. The van der Waals surface area contributed by atoms with Crippen molar-refractivity contribution in [1.82, 2.24) is 9.55 Å². The van der Waals surface area contributed by atoms with Crippen LogP contribution in [0.3, 0.4) is 0 Å². The molecule has 0 radical (unpaired) electrons. The van der Waals surface area contributed by atoms with E-state index in [1.807, 2.05) is 13.0 Å². The van der Waals surface area contributed by atoms with Crippen molar-refractivity contribution in [3.8, 4) is 0 Å². The minimum Gasteiger partial charge on any atom is -0.378 e. The van der Waals surface area contributed by atoms with Crippen LogP contribution in [0.5, 0.6) is 0 Å². The molecule has 0 bridgehead atoms. The van der Waals surface area contributed by atoms with E-state index in [1.165, 1.54) is 0 Å². The molecule has 1 unspecified atom stereocenters. The fourth-order valence-electron chi connectivity index (χ4n) is 1.93. The predicted molar refractivity (Wildman–Crippen MR) is 84.7 cm³/mol. The monoisotopic (exact) mass is 313 g/mol. The molecule has 1 aromatic rings. The second-order valence-electron chi connectivity index (χ2n) is 5.29. The lowest BCUT2D eigenvalue weighted by Crippen LogP contribution is -2.29. The molecule has 7 heteroatoms. The first-order valence-corrected chi connectivity index (χ1v) is 8.33. The largest absolute Gasteiger partial charge is 0.378 e. The van der Waals surface area contributed by atoms with Crippen LogP contribution in [-0.2, 0) is 9.47 Å². The average Bonchev–Trinajstić information content (AvgIpc) is 2.91. The highest BCUT2D eigenvalue weighted by atomic mass is 32.2. The predicted octanol–water partition coefficient (Wildman–Crippen LogP) is 1.94. The van der Waals surface area contributed by atoms with Gasteiger partial charge in [-0.1, -0.05) is 13.8 Å². The van der Waals surface area contributed by atoms with Crippen LogP contribution in [0, 0.1) is 5.92 Å². The van der Waals surface area contributed by atoms with Crippen LogP contribution in [0.25, 0.3) is 0 Å². The van der Waals surface area contributed by atoms with E-state index in [0.29, 0.717) is 24.9 Å². The summed E-state index contributed by atoms with van der Waals surface area (Å²) in [6, 6.07) is 1.81. The second kappa shape index (κ2) is 7.82. The van der Waals surface area contributed by atoms with E-state index in [0.717, 1.165) is 12.3 Å². The van der Waals surface area contributed by atoms with Crippen LogP contribution < -0.4 is 11.0 Å². The van der Waals surface area contributed by atoms with Crippen LogP contribution in [-0.4, -0.2) is 40.5 Å². The molecular formula is C14H23N3O3S. The first kappa shape index (κ1) is 16.3. The Kier molecular flexibility index (Phi) is 6.08. The highest BCUT2D eigenvalue weighted by Gasteiger charge is 2.28. The molecule has 0 spiro atoms. The fraction of sp³-hybridized carbons (Fsp3) is 0.714. The minimum absolute atomic E-state index is 0.0133. The van der Waals surface area contributed by atoms with Gasteiger partial charge in [0.25, 0.3) is 0 Å². The topological polar surface area (TPSA) is 65.4 Å². The van der Waals surface area contributed by atoms with Gasteiger partial charge in [-0.3, -0.25) is 4.57 Å². The van der Waals surface area contributed by atoms with Gasteiger partial charge >= 0.3 is 5.69 Å². The van der Waals surface area contributed by atoms with Crippen LogP contribution in [0.1, 0.15) is 27.0 Å². The van der Waals surface area contributed by atoms with Gasteiger partial charge in [0, 0.05) is 25.1 Å². The van der Waals surface area contributed by atoms with Crippen molar-refractivity contribution in [3.05, 3.63) is 22.7 Å². The summed E-state index contributed by atoms with van der Waals surface area (Å²) in [6.45, 7) is 8.18. The van der Waals surface area contributed by atoms with Gasteiger partial charge in [0.2, 0.25) is 0 Å². The molecule has 1 aliphatic rings. The lowest BCUT2D eigenvalue weighted by Gasteiger charge is -2.15. The van der Waals surface area contributed by atoms with Gasteiger partial charge in [0.1, 0.15) is 17.5 Å². The standard InChI is InChI=1S/C14H23N3O3S/c1-4-19-8-13-20-12(9-21-13)17-6-5-11(16-14(17)18)15-7-10(2)3/h5-6,10,12-13H,4,7-9H2,1-3H3,(H,15,16,18)/t12-,13?/m0/s1. The molecule has 21 heavy (non-hydrogen) atoms. The number of hydrogen-bond donors (Lipinski definition) is 1. The number of rotatable bonds is 7. The van der Waals surface area contributed by atoms with Gasteiger partial charge in [-0.2, -0.15) is 4.98 Å². The Morgan fingerprint density at radius 3 is 3.10 bits per heavy atom. The van der Waals surface area contributed by atoms with Crippen molar-refractivity contribution in [2.24, 2.45) is 5.92 Å². The van der Waals surface area contributed by atoms with Gasteiger partial charge in [-0.15, -0.1) is 11.8 Å². The summed E-state index contributed by atoms with van der Waals surface area (Å²) < 4.78 is 12.7. The number of aromatic nitrogens is 2. The van der Waals surface area contributed by atoms with Crippen molar-refractivity contribution >= 4 is 17.6 Å². The molecule has 1 saturated heterocycles. The quantitative estimate of drug-likeness (QED) is 0.830. The molecule has 0 aliphatic carbocycles. The first-order chi connectivity index (χ1) is 10.1. The summed E-state index contributed by atoms with van der Waals surface area (Å²) in [4.78, 5) is 16.1. The van der Waals surface area contributed by atoms with Crippen molar-refractivity contribution in [2.45, 2.75) is 32.4 Å². The van der Waals surface area contributed by atoms with Crippen LogP contribution >= 0.6 is 11.8 Å². The Labute approximate surface area is 129 Å². The second-order valence-corrected chi connectivity index (χ2v) is 6.48. The summed E-state index contributed by atoms with van der Waals surface area (Å²) in [5.74, 6) is 1.85. The van der Waals surface area contributed by atoms with Crippen LogP contribution in [0.2, 0.25) is 0 Å². The molecular weight excluding hydrogens is 290 g/mol. The van der Waals surface area contributed by atoms with E-state index in [9.17, 15) is 4.79 Å². The third-order valence-corrected chi connectivity index (χ3v) is 4.12. The highest BCUT2D eigenvalue weighted by molar-refractivity contribution is 8.00. The Hall–Kier alpha value is -1.05. The molecule has 118 valence electrons. The maximum absolute atomic E-state index is 12.1. The third kappa shape index (κ3) is 4.72. The van der Waals surface area contributed by atoms with E-state index in [4.69, 9.17) is 9.47 Å². The number of nitrogens with one attached hydrogen (secondary N) is 1. The smallest absolute Gasteiger partial charge is 0.351 e. The van der Waals surface area contributed by atoms with E-state index in [-0.39, 0.29) is 17.4 Å². The number of thioether (sulfide) groups is 1. The Morgan fingerprint density at radius 2 is 2.43 bits per heavy atom. The molecule has 2 atom stereocenters. The zero-order valence-corrected chi connectivity index (χ0v) is 13.6. The maximum atomic E-state index is 12.1. The first-order valence-electron chi connectivity index (χ1n) is 7.28.